The normalized spacial score (nSPS) is 9.93. The molecule has 1 radical (unpaired) electrons. The van der Waals surface area contributed by atoms with Crippen LogP contribution in [0.3, 0.4) is 0 Å². The Kier molecular flexibility index (Phi) is 3.34. The number of nitrogens with one attached hydrogen (secondary N) is 1. The highest BCUT2D eigenvalue weighted by Gasteiger charge is 2.07. The largest absolute Gasteiger partial charge is 0.505 e. The first-order chi connectivity index (χ1) is 6.59. The predicted molar refractivity (Wildman–Crippen MR) is 52.2 cm³/mol. The van der Waals surface area contributed by atoms with E-state index in [-0.39, 0.29) is 17.5 Å². The standard InChI is InChI=1S/C10H12NO3/c1-7(2)14-10(13)11-8-5-3-4-6-9(8)12/h3-5,7,12H,1-2H3,(H,11,13). The molecule has 0 spiro atoms. The number of aromatic hydroxyl groups is 1. The number of rotatable bonds is 2. The van der Waals surface area contributed by atoms with E-state index >= 15 is 0 Å². The number of benzene rings is 1. The van der Waals surface area contributed by atoms with Gasteiger partial charge >= 0.3 is 6.09 Å². The van der Waals surface area contributed by atoms with Crippen molar-refractivity contribution >= 4 is 11.8 Å². The lowest BCUT2D eigenvalue weighted by atomic mass is 10.3. The summed E-state index contributed by atoms with van der Waals surface area (Å²) >= 11 is 0. The van der Waals surface area contributed by atoms with E-state index < -0.39 is 6.09 Å². The number of hydrogen-bond donors (Lipinski definition) is 2. The number of para-hydroxylation sites is 1. The van der Waals surface area contributed by atoms with Crippen LogP contribution in [0.5, 0.6) is 5.75 Å². The second-order valence-electron chi connectivity index (χ2n) is 3.01. The molecule has 0 unspecified atom stereocenters. The van der Waals surface area contributed by atoms with Gasteiger partial charge in [0.15, 0.2) is 0 Å². The highest BCUT2D eigenvalue weighted by Crippen LogP contribution is 2.20. The summed E-state index contributed by atoms with van der Waals surface area (Å²) in [5.41, 5.74) is 0.290. The van der Waals surface area contributed by atoms with Crippen LogP contribution in [0.2, 0.25) is 0 Å². The first-order valence-electron chi connectivity index (χ1n) is 4.27. The first kappa shape index (κ1) is 10.4. The summed E-state index contributed by atoms with van der Waals surface area (Å²) in [7, 11) is 0. The third-order valence-electron chi connectivity index (χ3n) is 1.41. The van der Waals surface area contributed by atoms with Gasteiger partial charge in [0.05, 0.1) is 11.8 Å². The summed E-state index contributed by atoms with van der Waals surface area (Å²) in [4.78, 5) is 11.1. The van der Waals surface area contributed by atoms with Gasteiger partial charge in [0.1, 0.15) is 5.75 Å². The van der Waals surface area contributed by atoms with E-state index in [0.717, 1.165) is 0 Å². The summed E-state index contributed by atoms with van der Waals surface area (Å²) in [6, 6.07) is 7.31. The summed E-state index contributed by atoms with van der Waals surface area (Å²) < 4.78 is 4.83. The molecule has 1 amide bonds. The Balaban J connectivity index is 2.61. The molecule has 1 aromatic carbocycles. The monoisotopic (exact) mass is 194 g/mol. The van der Waals surface area contributed by atoms with Crippen LogP contribution in [-0.4, -0.2) is 17.3 Å². The molecule has 0 fully saturated rings. The predicted octanol–water partition coefficient (Wildman–Crippen LogP) is 2.15. The van der Waals surface area contributed by atoms with Gasteiger partial charge < -0.3 is 9.84 Å². The van der Waals surface area contributed by atoms with Crippen molar-refractivity contribution < 1.29 is 14.6 Å². The second-order valence-corrected chi connectivity index (χ2v) is 3.01. The number of carbonyl (C=O) groups excluding carboxylic acids is 1. The molecular weight excluding hydrogens is 182 g/mol. The van der Waals surface area contributed by atoms with Gasteiger partial charge in [-0.3, -0.25) is 5.32 Å². The van der Waals surface area contributed by atoms with Gasteiger partial charge in [-0.1, -0.05) is 12.1 Å². The van der Waals surface area contributed by atoms with E-state index in [1.165, 1.54) is 0 Å². The first-order valence-corrected chi connectivity index (χ1v) is 4.27. The van der Waals surface area contributed by atoms with Crippen LogP contribution in [0.15, 0.2) is 18.2 Å². The molecule has 4 nitrogen and oxygen atoms in total. The molecule has 0 bridgehead atoms. The summed E-state index contributed by atoms with van der Waals surface area (Å²) in [5.74, 6) is -0.104. The van der Waals surface area contributed by atoms with Gasteiger partial charge in [0.2, 0.25) is 0 Å². The van der Waals surface area contributed by atoms with Crippen LogP contribution in [0.25, 0.3) is 0 Å². The van der Waals surface area contributed by atoms with Gasteiger partial charge in [-0.2, -0.15) is 0 Å². The fraction of sp³-hybridized carbons (Fsp3) is 0.300. The quantitative estimate of drug-likeness (QED) is 0.709. The molecule has 0 heterocycles. The van der Waals surface area contributed by atoms with Crippen molar-refractivity contribution in [1.82, 2.24) is 0 Å². The fourth-order valence-electron chi connectivity index (χ4n) is 0.882. The molecule has 1 rings (SSSR count). The van der Waals surface area contributed by atoms with Crippen LogP contribution in [0.4, 0.5) is 10.5 Å². The Labute approximate surface area is 82.5 Å². The second kappa shape index (κ2) is 4.50. The number of anilines is 1. The van der Waals surface area contributed by atoms with Crippen molar-refractivity contribution in [3.63, 3.8) is 0 Å². The number of ether oxygens (including phenoxy) is 1. The third kappa shape index (κ3) is 2.97. The highest BCUT2D eigenvalue weighted by atomic mass is 16.6. The van der Waals surface area contributed by atoms with Gasteiger partial charge in [0.25, 0.3) is 0 Å². The Hall–Kier alpha value is -1.71. The average Bonchev–Trinajstić information content (AvgIpc) is 2.07. The summed E-state index contributed by atoms with van der Waals surface area (Å²) in [6.07, 6.45) is -0.778. The van der Waals surface area contributed by atoms with Crippen molar-refractivity contribution in [2.45, 2.75) is 20.0 Å². The minimum Gasteiger partial charge on any atom is -0.505 e. The maximum absolute atomic E-state index is 11.1. The van der Waals surface area contributed by atoms with Crippen LogP contribution < -0.4 is 5.32 Å². The fourth-order valence-corrected chi connectivity index (χ4v) is 0.882. The molecule has 0 saturated heterocycles. The van der Waals surface area contributed by atoms with Gasteiger partial charge in [0, 0.05) is 6.07 Å². The average molecular weight is 194 g/mol. The zero-order valence-corrected chi connectivity index (χ0v) is 8.07. The summed E-state index contributed by atoms with van der Waals surface area (Å²) in [6.45, 7) is 3.49. The SMILES string of the molecule is CC(C)OC(=O)Nc1ccc[c]c1O. The number of amides is 1. The molecule has 0 aliphatic heterocycles. The molecule has 2 N–H and O–H groups in total. The lowest BCUT2D eigenvalue weighted by molar-refractivity contribution is 0.130. The van der Waals surface area contributed by atoms with Crippen molar-refractivity contribution in [2.24, 2.45) is 0 Å². The van der Waals surface area contributed by atoms with E-state index in [1.807, 2.05) is 0 Å². The smallest absolute Gasteiger partial charge is 0.411 e. The van der Waals surface area contributed by atoms with Crippen LogP contribution in [0, 0.1) is 6.07 Å². The molecule has 0 aromatic heterocycles. The van der Waals surface area contributed by atoms with Crippen LogP contribution in [-0.2, 0) is 4.74 Å². The molecule has 0 atom stereocenters. The van der Waals surface area contributed by atoms with Crippen molar-refractivity contribution in [1.29, 1.82) is 0 Å². The van der Waals surface area contributed by atoms with Crippen molar-refractivity contribution in [3.8, 4) is 5.75 Å². The van der Waals surface area contributed by atoms with Crippen molar-refractivity contribution in [2.75, 3.05) is 5.32 Å². The topological polar surface area (TPSA) is 58.6 Å². The van der Waals surface area contributed by atoms with Crippen LogP contribution >= 0.6 is 0 Å². The third-order valence-corrected chi connectivity index (χ3v) is 1.41. The molecular formula is C10H12NO3. The zero-order valence-electron chi connectivity index (χ0n) is 8.07. The number of phenolic OH excluding ortho intramolecular Hbond substituents is 1. The Bertz CT molecular complexity index is 323. The number of hydrogen-bond acceptors (Lipinski definition) is 3. The van der Waals surface area contributed by atoms with E-state index in [2.05, 4.69) is 11.4 Å². The van der Waals surface area contributed by atoms with Crippen molar-refractivity contribution in [3.05, 3.63) is 24.3 Å². The van der Waals surface area contributed by atoms with E-state index in [0.29, 0.717) is 0 Å². The molecule has 4 heteroatoms. The van der Waals surface area contributed by atoms with Gasteiger partial charge in [-0.15, -0.1) is 0 Å². The Morgan fingerprint density at radius 2 is 2.36 bits per heavy atom. The molecule has 0 saturated carbocycles. The lowest BCUT2D eigenvalue weighted by Gasteiger charge is -2.09. The molecule has 1 aromatic rings. The summed E-state index contributed by atoms with van der Waals surface area (Å²) in [5, 5.41) is 11.7. The van der Waals surface area contributed by atoms with E-state index in [4.69, 9.17) is 4.74 Å². The maximum Gasteiger partial charge on any atom is 0.411 e. The number of phenols is 1. The van der Waals surface area contributed by atoms with E-state index in [9.17, 15) is 9.90 Å². The highest BCUT2D eigenvalue weighted by molar-refractivity contribution is 5.86. The minimum absolute atomic E-state index is 0.104. The Morgan fingerprint density at radius 3 is 2.93 bits per heavy atom. The van der Waals surface area contributed by atoms with Gasteiger partial charge in [-0.05, 0) is 19.9 Å². The molecule has 0 aliphatic rings. The Morgan fingerprint density at radius 1 is 1.64 bits per heavy atom. The van der Waals surface area contributed by atoms with Crippen LogP contribution in [0.1, 0.15) is 13.8 Å². The van der Waals surface area contributed by atoms with E-state index in [1.54, 1.807) is 32.0 Å². The lowest BCUT2D eigenvalue weighted by Crippen LogP contribution is -2.17. The molecule has 14 heavy (non-hydrogen) atoms. The van der Waals surface area contributed by atoms with Gasteiger partial charge in [-0.25, -0.2) is 4.79 Å². The molecule has 0 aliphatic carbocycles. The maximum atomic E-state index is 11.1. The number of carbonyl (C=O) groups is 1. The zero-order chi connectivity index (χ0) is 10.6. The minimum atomic E-state index is -0.588. The molecule has 75 valence electrons.